The van der Waals surface area contributed by atoms with Crippen molar-refractivity contribution in [3.8, 4) is 0 Å². The Labute approximate surface area is 141 Å². The van der Waals surface area contributed by atoms with Gasteiger partial charge in [-0.1, -0.05) is 24.3 Å². The van der Waals surface area contributed by atoms with Gasteiger partial charge in [-0.25, -0.2) is 9.18 Å². The molecule has 1 aliphatic heterocycles. The minimum Gasteiger partial charge on any atom is -0.450 e. The second-order valence-electron chi connectivity index (χ2n) is 6.16. The number of benzene rings is 2. The second-order valence-corrected chi connectivity index (χ2v) is 6.16. The molecule has 2 atom stereocenters. The van der Waals surface area contributed by atoms with E-state index in [0.29, 0.717) is 11.1 Å². The maximum Gasteiger partial charge on any atom is 0.339 e. The topological polar surface area (TPSA) is 86.5 Å². The number of fused-ring (bicyclic) bond motifs is 2. The van der Waals surface area contributed by atoms with Crippen molar-refractivity contribution in [1.29, 1.82) is 0 Å². The van der Waals surface area contributed by atoms with Crippen molar-refractivity contribution < 1.29 is 23.6 Å². The smallest absolute Gasteiger partial charge is 0.339 e. The van der Waals surface area contributed by atoms with E-state index in [0.717, 1.165) is 6.07 Å². The lowest BCUT2D eigenvalue weighted by Gasteiger charge is -2.33. The second kappa shape index (κ2) is 5.20. The van der Waals surface area contributed by atoms with E-state index < -0.39 is 28.4 Å². The van der Waals surface area contributed by atoms with Crippen LogP contribution in [0.25, 0.3) is 0 Å². The lowest BCUT2D eigenvalue weighted by molar-refractivity contribution is -0.384. The van der Waals surface area contributed by atoms with Gasteiger partial charge in [-0.2, -0.15) is 0 Å². The molecule has 0 spiro atoms. The molecule has 0 saturated carbocycles. The fourth-order valence-electron chi connectivity index (χ4n) is 3.50. The number of nitrogens with zero attached hydrogens (tertiary/aromatic N) is 1. The van der Waals surface area contributed by atoms with Crippen molar-refractivity contribution in [2.75, 3.05) is 0 Å². The highest BCUT2D eigenvalue weighted by molar-refractivity contribution is 6.07. The van der Waals surface area contributed by atoms with E-state index in [2.05, 4.69) is 0 Å². The first-order chi connectivity index (χ1) is 11.9. The number of ether oxygens (including phenoxy) is 1. The molecule has 2 aromatic carbocycles. The Balaban J connectivity index is 1.80. The third-order valence-electron chi connectivity index (χ3n) is 4.79. The molecule has 2 aliphatic rings. The van der Waals surface area contributed by atoms with Crippen molar-refractivity contribution in [3.63, 3.8) is 0 Å². The predicted octanol–water partition coefficient (Wildman–Crippen LogP) is 3.34. The number of halogens is 1. The first-order valence-electron chi connectivity index (χ1n) is 7.73. The van der Waals surface area contributed by atoms with Crippen molar-refractivity contribution in [1.82, 2.24) is 0 Å². The van der Waals surface area contributed by atoms with Gasteiger partial charge in [0.1, 0.15) is 0 Å². The van der Waals surface area contributed by atoms with Crippen LogP contribution in [0.2, 0.25) is 0 Å². The molecule has 4 rings (SSSR count). The largest absolute Gasteiger partial charge is 0.450 e. The van der Waals surface area contributed by atoms with Crippen LogP contribution in [0, 0.1) is 10.1 Å². The van der Waals surface area contributed by atoms with Gasteiger partial charge in [0.15, 0.2) is 6.10 Å². The zero-order valence-electron chi connectivity index (χ0n) is 12.9. The van der Waals surface area contributed by atoms with E-state index in [-0.39, 0.29) is 29.7 Å². The summed E-state index contributed by atoms with van der Waals surface area (Å²) >= 11 is 0. The summed E-state index contributed by atoms with van der Waals surface area (Å²) in [5, 5.41) is 10.9. The van der Waals surface area contributed by atoms with Gasteiger partial charge in [0.2, 0.25) is 11.5 Å². The highest BCUT2D eigenvalue weighted by Gasteiger charge is 2.55. The van der Waals surface area contributed by atoms with Crippen LogP contribution in [0.4, 0.5) is 10.1 Å². The predicted molar refractivity (Wildman–Crippen MR) is 84.2 cm³/mol. The van der Waals surface area contributed by atoms with Gasteiger partial charge in [0.05, 0.1) is 10.5 Å². The third kappa shape index (κ3) is 2.15. The van der Waals surface area contributed by atoms with Gasteiger partial charge in [-0.05, 0) is 24.5 Å². The summed E-state index contributed by atoms with van der Waals surface area (Å²) in [6.45, 7) is 0. The van der Waals surface area contributed by atoms with Crippen LogP contribution in [-0.4, -0.2) is 22.3 Å². The van der Waals surface area contributed by atoms with E-state index in [1.165, 1.54) is 18.2 Å². The standard InChI is InChI=1S/C18H12FNO5/c19-18(16-12-3-1-2-4-13(12)17(22)25-16)8-7-10-5-6-11(20(23)24)9-14(10)15(18)21/h1-6,9,16H,7-8H2/t16-,18-/m0/s1. The zero-order chi connectivity index (χ0) is 17.8. The summed E-state index contributed by atoms with van der Waals surface area (Å²) in [4.78, 5) is 35.1. The van der Waals surface area contributed by atoms with Crippen molar-refractivity contribution in [2.24, 2.45) is 0 Å². The van der Waals surface area contributed by atoms with Crippen molar-refractivity contribution in [3.05, 3.63) is 74.8 Å². The summed E-state index contributed by atoms with van der Waals surface area (Å²) in [5.74, 6) is -1.55. The molecule has 1 heterocycles. The number of hydrogen-bond acceptors (Lipinski definition) is 5. The van der Waals surface area contributed by atoms with Gasteiger partial charge in [0, 0.05) is 23.3 Å². The van der Waals surface area contributed by atoms with Crippen LogP contribution in [0.3, 0.4) is 0 Å². The maximum absolute atomic E-state index is 15.7. The van der Waals surface area contributed by atoms with Crippen LogP contribution in [0.15, 0.2) is 42.5 Å². The lowest BCUT2D eigenvalue weighted by Crippen LogP contribution is -2.44. The highest BCUT2D eigenvalue weighted by atomic mass is 19.1. The number of hydrogen-bond donors (Lipinski definition) is 0. The number of cyclic esters (lactones) is 1. The van der Waals surface area contributed by atoms with Crippen LogP contribution in [-0.2, 0) is 11.2 Å². The van der Waals surface area contributed by atoms with Crippen molar-refractivity contribution in [2.45, 2.75) is 24.6 Å². The number of nitro benzene ring substituents is 1. The Morgan fingerprint density at radius 2 is 1.92 bits per heavy atom. The van der Waals surface area contributed by atoms with E-state index in [1.807, 2.05) is 0 Å². The van der Waals surface area contributed by atoms with Crippen LogP contribution < -0.4 is 0 Å². The van der Waals surface area contributed by atoms with Crippen molar-refractivity contribution >= 4 is 17.4 Å². The minimum atomic E-state index is -2.44. The van der Waals surface area contributed by atoms with E-state index in [9.17, 15) is 19.7 Å². The Kier molecular flexibility index (Phi) is 3.21. The van der Waals surface area contributed by atoms with Gasteiger partial charge in [-0.3, -0.25) is 14.9 Å². The molecular weight excluding hydrogens is 329 g/mol. The molecule has 0 saturated heterocycles. The van der Waals surface area contributed by atoms with Gasteiger partial charge in [-0.15, -0.1) is 0 Å². The van der Waals surface area contributed by atoms with Gasteiger partial charge < -0.3 is 4.74 Å². The molecule has 0 amide bonds. The van der Waals surface area contributed by atoms with E-state index in [4.69, 9.17) is 4.74 Å². The number of carbonyl (C=O) groups is 2. The van der Waals surface area contributed by atoms with E-state index in [1.54, 1.807) is 18.2 Å². The Bertz CT molecular complexity index is 941. The molecule has 6 nitrogen and oxygen atoms in total. The molecular formula is C18H12FNO5. The first-order valence-corrected chi connectivity index (χ1v) is 7.73. The summed E-state index contributed by atoms with van der Waals surface area (Å²) in [7, 11) is 0. The molecule has 0 aromatic heterocycles. The summed E-state index contributed by atoms with van der Waals surface area (Å²) in [6, 6.07) is 10.2. The molecule has 1 aliphatic carbocycles. The van der Waals surface area contributed by atoms with E-state index >= 15 is 4.39 Å². The molecule has 25 heavy (non-hydrogen) atoms. The summed E-state index contributed by atoms with van der Waals surface area (Å²) < 4.78 is 20.9. The average Bonchev–Trinajstić information content (AvgIpc) is 2.96. The Morgan fingerprint density at radius 3 is 2.68 bits per heavy atom. The number of ketones is 1. The number of Topliss-reactive ketones (excluding diaryl/α,β-unsaturated/α-hetero) is 1. The molecule has 7 heteroatoms. The highest BCUT2D eigenvalue weighted by Crippen LogP contribution is 2.47. The Morgan fingerprint density at radius 1 is 1.16 bits per heavy atom. The molecule has 0 fully saturated rings. The number of rotatable bonds is 2. The third-order valence-corrected chi connectivity index (χ3v) is 4.79. The lowest BCUT2D eigenvalue weighted by atomic mass is 9.75. The molecule has 0 N–H and O–H groups in total. The quantitative estimate of drug-likeness (QED) is 0.475. The average molecular weight is 341 g/mol. The molecule has 0 unspecified atom stereocenters. The molecule has 2 aromatic rings. The first kappa shape index (κ1) is 15.4. The SMILES string of the molecule is O=C1O[C@H]([C@]2(F)CCc3ccc([N+](=O)[O-])cc3C2=O)c2ccccc21. The number of nitro groups is 1. The van der Waals surface area contributed by atoms with Crippen LogP contribution >= 0.6 is 0 Å². The molecule has 126 valence electrons. The van der Waals surface area contributed by atoms with Crippen LogP contribution in [0.5, 0.6) is 0 Å². The maximum atomic E-state index is 15.7. The molecule has 0 bridgehead atoms. The summed E-state index contributed by atoms with van der Waals surface area (Å²) in [5.41, 5.74) is -1.62. The monoisotopic (exact) mass is 341 g/mol. The minimum absolute atomic E-state index is 0.0246. The number of carbonyl (C=O) groups excluding carboxylic acids is 2. The fraction of sp³-hybridized carbons (Fsp3) is 0.222. The summed E-state index contributed by atoms with van der Waals surface area (Å²) in [6.07, 6.45) is -1.26. The number of aryl methyl sites for hydroxylation is 1. The van der Waals surface area contributed by atoms with Crippen LogP contribution in [0.1, 0.15) is 44.4 Å². The Hall–Kier alpha value is -3.09. The van der Waals surface area contributed by atoms with Gasteiger partial charge >= 0.3 is 5.97 Å². The zero-order valence-corrected chi connectivity index (χ0v) is 12.9. The molecule has 0 radical (unpaired) electrons. The van der Waals surface area contributed by atoms with Gasteiger partial charge in [0.25, 0.3) is 5.69 Å². The number of non-ortho nitro benzene ring substituents is 1. The normalized spacial score (nSPS) is 24.4. The number of esters is 1. The number of alkyl halides is 1. The fourth-order valence-corrected chi connectivity index (χ4v) is 3.50.